The number of hydrogen-bond acceptors (Lipinski definition) is 4. The van der Waals surface area contributed by atoms with E-state index in [0.29, 0.717) is 23.4 Å². The molecule has 0 fully saturated rings. The van der Waals surface area contributed by atoms with Crippen molar-refractivity contribution < 1.29 is 14.0 Å². The zero-order valence-corrected chi connectivity index (χ0v) is 9.74. The topological polar surface area (TPSA) is 59.3 Å². The van der Waals surface area contributed by atoms with Crippen molar-refractivity contribution in [2.45, 2.75) is 20.4 Å². The van der Waals surface area contributed by atoms with Crippen LogP contribution >= 0.6 is 0 Å². The molecule has 2 rings (SSSR count). The molecule has 1 N–H and O–H groups in total. The molecule has 0 radical (unpaired) electrons. The summed E-state index contributed by atoms with van der Waals surface area (Å²) in [5, 5.41) is 2.92. The van der Waals surface area contributed by atoms with Gasteiger partial charge in [-0.25, -0.2) is 0 Å². The van der Waals surface area contributed by atoms with E-state index in [9.17, 15) is 9.59 Å². The predicted molar refractivity (Wildman–Crippen MR) is 62.0 cm³/mol. The molecular formula is C13H13NO3. The molecule has 0 saturated carbocycles. The van der Waals surface area contributed by atoms with Crippen molar-refractivity contribution in [3.8, 4) is 0 Å². The third-order valence-corrected chi connectivity index (χ3v) is 2.83. The molecule has 0 saturated heterocycles. The van der Waals surface area contributed by atoms with Gasteiger partial charge in [-0.2, -0.15) is 0 Å². The molecule has 0 amide bonds. The summed E-state index contributed by atoms with van der Waals surface area (Å²) in [7, 11) is 0. The fraction of sp³-hybridized carbons (Fsp3) is 0.231. The second-order valence-corrected chi connectivity index (χ2v) is 3.93. The van der Waals surface area contributed by atoms with Crippen LogP contribution in [0.5, 0.6) is 0 Å². The van der Waals surface area contributed by atoms with E-state index in [1.165, 1.54) is 6.08 Å². The molecule has 0 aliphatic heterocycles. The van der Waals surface area contributed by atoms with E-state index in [2.05, 4.69) is 5.32 Å². The Morgan fingerprint density at radius 1 is 1.24 bits per heavy atom. The summed E-state index contributed by atoms with van der Waals surface area (Å²) in [6, 6.07) is 3.57. The van der Waals surface area contributed by atoms with Crippen molar-refractivity contribution in [3.63, 3.8) is 0 Å². The normalized spacial score (nSPS) is 16.2. The van der Waals surface area contributed by atoms with Gasteiger partial charge < -0.3 is 9.73 Å². The molecular weight excluding hydrogens is 218 g/mol. The van der Waals surface area contributed by atoms with Crippen LogP contribution in [-0.4, -0.2) is 11.6 Å². The fourth-order valence-electron chi connectivity index (χ4n) is 1.59. The SMILES string of the molecule is CC1=C(C)C(=O)C(NCc2ccco2)=CC1=O. The Morgan fingerprint density at radius 3 is 2.65 bits per heavy atom. The Labute approximate surface area is 99.0 Å². The molecule has 17 heavy (non-hydrogen) atoms. The first-order valence-electron chi connectivity index (χ1n) is 5.34. The highest BCUT2D eigenvalue weighted by atomic mass is 16.3. The number of hydrogen-bond donors (Lipinski definition) is 1. The second-order valence-electron chi connectivity index (χ2n) is 3.93. The standard InChI is InChI=1S/C13H13NO3/c1-8-9(2)13(16)11(6-12(8)15)14-7-10-4-3-5-17-10/h3-6,14H,7H2,1-2H3. The van der Waals surface area contributed by atoms with Gasteiger partial charge in [-0.05, 0) is 26.0 Å². The van der Waals surface area contributed by atoms with Crippen molar-refractivity contribution in [1.29, 1.82) is 0 Å². The molecule has 0 unspecified atom stereocenters. The lowest BCUT2D eigenvalue weighted by atomic mass is 9.95. The molecule has 4 nitrogen and oxygen atoms in total. The van der Waals surface area contributed by atoms with Crippen LogP contribution in [0, 0.1) is 0 Å². The van der Waals surface area contributed by atoms with Crippen LogP contribution in [0.1, 0.15) is 19.6 Å². The number of nitrogens with one attached hydrogen (secondary N) is 1. The van der Waals surface area contributed by atoms with Gasteiger partial charge in [-0.3, -0.25) is 9.59 Å². The van der Waals surface area contributed by atoms with Crippen molar-refractivity contribution in [2.75, 3.05) is 0 Å². The Morgan fingerprint density at radius 2 is 2.00 bits per heavy atom. The quantitative estimate of drug-likeness (QED) is 0.805. The summed E-state index contributed by atoms with van der Waals surface area (Å²) in [4.78, 5) is 23.4. The largest absolute Gasteiger partial charge is 0.467 e. The first kappa shape index (κ1) is 11.4. The number of carbonyl (C=O) groups excluding carboxylic acids is 2. The number of allylic oxidation sites excluding steroid dienone is 3. The number of carbonyl (C=O) groups is 2. The van der Waals surface area contributed by atoms with Gasteiger partial charge in [0.2, 0.25) is 5.78 Å². The number of furan rings is 1. The molecule has 0 spiro atoms. The molecule has 1 aliphatic rings. The Kier molecular flexibility index (Phi) is 2.95. The van der Waals surface area contributed by atoms with Crippen LogP contribution in [-0.2, 0) is 16.1 Å². The number of rotatable bonds is 3. The molecule has 0 aromatic carbocycles. The zero-order chi connectivity index (χ0) is 12.4. The summed E-state index contributed by atoms with van der Waals surface area (Å²) in [6.45, 7) is 3.72. The van der Waals surface area contributed by atoms with Gasteiger partial charge in [0, 0.05) is 17.2 Å². The zero-order valence-electron chi connectivity index (χ0n) is 9.74. The van der Waals surface area contributed by atoms with Crippen LogP contribution in [0.3, 0.4) is 0 Å². The molecule has 4 heteroatoms. The minimum atomic E-state index is -0.131. The lowest BCUT2D eigenvalue weighted by Crippen LogP contribution is -2.26. The third-order valence-electron chi connectivity index (χ3n) is 2.83. The van der Waals surface area contributed by atoms with Crippen molar-refractivity contribution in [1.82, 2.24) is 5.32 Å². The lowest BCUT2D eigenvalue weighted by molar-refractivity contribution is -0.116. The van der Waals surface area contributed by atoms with Crippen LogP contribution in [0.4, 0.5) is 0 Å². The number of ketones is 2. The van der Waals surface area contributed by atoms with Gasteiger partial charge in [0.05, 0.1) is 18.5 Å². The maximum Gasteiger partial charge on any atom is 0.205 e. The Balaban J connectivity index is 2.10. The maximum atomic E-state index is 11.9. The molecule has 0 bridgehead atoms. The first-order chi connectivity index (χ1) is 8.09. The molecule has 1 aromatic rings. The van der Waals surface area contributed by atoms with Crippen LogP contribution in [0.15, 0.2) is 45.7 Å². The van der Waals surface area contributed by atoms with Crippen LogP contribution < -0.4 is 5.32 Å². The summed E-state index contributed by atoms with van der Waals surface area (Å²) in [5.41, 5.74) is 1.34. The third kappa shape index (κ3) is 2.20. The molecule has 88 valence electrons. The molecule has 1 aliphatic carbocycles. The summed E-state index contributed by atoms with van der Waals surface area (Å²) < 4.78 is 5.14. The predicted octanol–water partition coefficient (Wildman–Crippen LogP) is 1.74. The van der Waals surface area contributed by atoms with Gasteiger partial charge in [-0.1, -0.05) is 0 Å². The lowest BCUT2D eigenvalue weighted by Gasteiger charge is -2.15. The van der Waals surface area contributed by atoms with Gasteiger partial charge in [0.25, 0.3) is 0 Å². The molecule has 1 heterocycles. The van der Waals surface area contributed by atoms with Crippen LogP contribution in [0.2, 0.25) is 0 Å². The van der Waals surface area contributed by atoms with Crippen LogP contribution in [0.25, 0.3) is 0 Å². The fourth-order valence-corrected chi connectivity index (χ4v) is 1.59. The van der Waals surface area contributed by atoms with Crippen molar-refractivity contribution in [3.05, 3.63) is 47.1 Å². The van der Waals surface area contributed by atoms with E-state index < -0.39 is 0 Å². The summed E-state index contributed by atoms with van der Waals surface area (Å²) >= 11 is 0. The van der Waals surface area contributed by atoms with E-state index in [4.69, 9.17) is 4.42 Å². The van der Waals surface area contributed by atoms with Crippen molar-refractivity contribution >= 4 is 11.6 Å². The minimum absolute atomic E-state index is 0.121. The average Bonchev–Trinajstić information content (AvgIpc) is 2.82. The van der Waals surface area contributed by atoms with Gasteiger partial charge >= 0.3 is 0 Å². The van der Waals surface area contributed by atoms with E-state index >= 15 is 0 Å². The van der Waals surface area contributed by atoms with Crippen molar-refractivity contribution in [2.24, 2.45) is 0 Å². The highest BCUT2D eigenvalue weighted by molar-refractivity contribution is 6.21. The summed E-state index contributed by atoms with van der Waals surface area (Å²) in [5.74, 6) is 0.466. The highest BCUT2D eigenvalue weighted by Gasteiger charge is 2.22. The number of Topliss-reactive ketones (excluding diaryl/α,β-unsaturated/α-hetero) is 1. The second kappa shape index (κ2) is 4.41. The maximum absolute atomic E-state index is 11.9. The smallest absolute Gasteiger partial charge is 0.205 e. The van der Waals surface area contributed by atoms with Gasteiger partial charge in [0.15, 0.2) is 5.78 Å². The Hall–Kier alpha value is -2.10. The Bertz CT molecular complexity index is 521. The minimum Gasteiger partial charge on any atom is -0.467 e. The van der Waals surface area contributed by atoms with E-state index in [-0.39, 0.29) is 11.6 Å². The first-order valence-corrected chi connectivity index (χ1v) is 5.34. The molecule has 1 aromatic heterocycles. The van der Waals surface area contributed by atoms with Gasteiger partial charge in [0.1, 0.15) is 5.76 Å². The highest BCUT2D eigenvalue weighted by Crippen LogP contribution is 2.17. The van der Waals surface area contributed by atoms with E-state index in [1.807, 2.05) is 0 Å². The van der Waals surface area contributed by atoms with E-state index in [0.717, 1.165) is 5.76 Å². The average molecular weight is 231 g/mol. The van der Waals surface area contributed by atoms with Gasteiger partial charge in [-0.15, -0.1) is 0 Å². The monoisotopic (exact) mass is 231 g/mol. The molecule has 0 atom stereocenters. The summed E-state index contributed by atoms with van der Waals surface area (Å²) in [6.07, 6.45) is 2.90. The van der Waals surface area contributed by atoms with E-state index in [1.54, 1.807) is 32.2 Å².